The lowest BCUT2D eigenvalue weighted by Crippen LogP contribution is -2.33. The number of rotatable bonds is 3. The highest BCUT2D eigenvalue weighted by Gasteiger charge is 2.15. The van der Waals surface area contributed by atoms with Crippen LogP contribution in [0.15, 0.2) is 15.2 Å². The van der Waals surface area contributed by atoms with Crippen LogP contribution in [0.3, 0.4) is 0 Å². The quantitative estimate of drug-likeness (QED) is 0.927. The number of ether oxygens (including phenoxy) is 1. The lowest BCUT2D eigenvalue weighted by Gasteiger charge is -2.19. The summed E-state index contributed by atoms with van der Waals surface area (Å²) in [6.07, 6.45) is 0.447. The lowest BCUT2D eigenvalue weighted by atomic mass is 10.2. The van der Waals surface area contributed by atoms with Gasteiger partial charge in [0.1, 0.15) is 5.60 Å². The molecule has 1 aromatic heterocycles. The van der Waals surface area contributed by atoms with E-state index in [-0.39, 0.29) is 6.09 Å². The summed E-state index contributed by atoms with van der Waals surface area (Å²) < 4.78 is 6.25. The highest BCUT2D eigenvalue weighted by molar-refractivity contribution is 9.11. The highest BCUT2D eigenvalue weighted by atomic mass is 79.9. The number of hydrogen-bond acceptors (Lipinski definition) is 3. The van der Waals surface area contributed by atoms with Gasteiger partial charge in [-0.1, -0.05) is 0 Å². The highest BCUT2D eigenvalue weighted by Crippen LogP contribution is 2.23. The predicted molar refractivity (Wildman–Crippen MR) is 70.0 cm³/mol. The van der Waals surface area contributed by atoms with Gasteiger partial charge < -0.3 is 10.1 Å². The van der Waals surface area contributed by atoms with E-state index in [1.165, 1.54) is 5.56 Å². The van der Waals surface area contributed by atoms with E-state index in [9.17, 15) is 4.79 Å². The summed E-state index contributed by atoms with van der Waals surface area (Å²) >= 11 is 5.10. The molecular formula is C11H16BrNO2S. The monoisotopic (exact) mass is 305 g/mol. The fourth-order valence-electron chi connectivity index (χ4n) is 1.11. The van der Waals surface area contributed by atoms with Gasteiger partial charge in [-0.2, -0.15) is 0 Å². The van der Waals surface area contributed by atoms with E-state index >= 15 is 0 Å². The fraction of sp³-hybridized carbons (Fsp3) is 0.545. The first-order valence-corrected chi connectivity index (χ1v) is 6.74. The van der Waals surface area contributed by atoms with Crippen molar-refractivity contribution in [2.45, 2.75) is 32.8 Å². The summed E-state index contributed by atoms with van der Waals surface area (Å²) in [4.78, 5) is 11.3. The Bertz CT molecular complexity index is 357. The number of hydrogen-bond donors (Lipinski definition) is 1. The molecule has 90 valence electrons. The fourth-order valence-corrected chi connectivity index (χ4v) is 2.44. The van der Waals surface area contributed by atoms with Crippen LogP contribution in [-0.2, 0) is 11.2 Å². The van der Waals surface area contributed by atoms with Gasteiger partial charge in [0.05, 0.1) is 3.79 Å². The molecule has 1 amide bonds. The standard InChI is InChI=1S/C11H16BrNO2S/c1-11(2,3)15-10(14)13-6-4-8-5-7-16-9(8)12/h5,7H,4,6H2,1-3H3,(H,13,14). The molecule has 3 nitrogen and oxygen atoms in total. The van der Waals surface area contributed by atoms with Crippen molar-refractivity contribution in [3.05, 3.63) is 20.8 Å². The number of alkyl carbamates (subject to hydrolysis) is 1. The maximum Gasteiger partial charge on any atom is 0.407 e. The van der Waals surface area contributed by atoms with E-state index in [0.717, 1.165) is 10.2 Å². The predicted octanol–water partition coefficient (Wildman–Crippen LogP) is 3.58. The maximum absolute atomic E-state index is 11.3. The van der Waals surface area contributed by atoms with E-state index in [0.29, 0.717) is 6.54 Å². The minimum Gasteiger partial charge on any atom is -0.444 e. The zero-order valence-corrected chi connectivity index (χ0v) is 12.1. The van der Waals surface area contributed by atoms with Crippen LogP contribution >= 0.6 is 27.3 Å². The second kappa shape index (κ2) is 5.68. The van der Waals surface area contributed by atoms with Crippen molar-refractivity contribution < 1.29 is 9.53 Å². The normalized spacial score (nSPS) is 11.2. The van der Waals surface area contributed by atoms with Gasteiger partial charge >= 0.3 is 6.09 Å². The van der Waals surface area contributed by atoms with Gasteiger partial charge in [0.25, 0.3) is 0 Å². The Kier molecular flexibility index (Phi) is 4.80. The maximum atomic E-state index is 11.3. The minimum atomic E-state index is -0.437. The Labute approximate surface area is 108 Å². The summed E-state index contributed by atoms with van der Waals surface area (Å²) in [5.41, 5.74) is 0.772. The SMILES string of the molecule is CC(C)(C)OC(=O)NCCc1ccsc1Br. The molecule has 0 aliphatic rings. The number of thiophene rings is 1. The smallest absolute Gasteiger partial charge is 0.407 e. The van der Waals surface area contributed by atoms with Crippen molar-refractivity contribution in [1.82, 2.24) is 5.32 Å². The third-order valence-electron chi connectivity index (χ3n) is 1.76. The van der Waals surface area contributed by atoms with Crippen molar-refractivity contribution in [3.8, 4) is 0 Å². The molecule has 0 aliphatic heterocycles. The van der Waals surface area contributed by atoms with Gasteiger partial charge in [-0.3, -0.25) is 0 Å². The molecule has 1 rings (SSSR count). The zero-order valence-electron chi connectivity index (χ0n) is 9.67. The van der Waals surface area contributed by atoms with E-state index < -0.39 is 5.60 Å². The van der Waals surface area contributed by atoms with Gasteiger partial charge in [0, 0.05) is 6.54 Å². The Morgan fingerprint density at radius 3 is 2.75 bits per heavy atom. The Morgan fingerprint density at radius 1 is 1.56 bits per heavy atom. The summed E-state index contributed by atoms with van der Waals surface area (Å²) in [7, 11) is 0. The summed E-state index contributed by atoms with van der Waals surface area (Å²) in [5, 5.41) is 4.75. The average molecular weight is 306 g/mol. The van der Waals surface area contributed by atoms with Crippen molar-refractivity contribution in [1.29, 1.82) is 0 Å². The van der Waals surface area contributed by atoms with Gasteiger partial charge in [-0.05, 0) is 60.1 Å². The molecule has 0 bridgehead atoms. The molecule has 1 aromatic rings. The van der Waals surface area contributed by atoms with Crippen molar-refractivity contribution in [3.63, 3.8) is 0 Å². The topological polar surface area (TPSA) is 38.3 Å². The van der Waals surface area contributed by atoms with Gasteiger partial charge in [0.15, 0.2) is 0 Å². The second-order valence-electron chi connectivity index (χ2n) is 4.40. The van der Waals surface area contributed by atoms with Gasteiger partial charge in [-0.15, -0.1) is 11.3 Å². The van der Waals surface area contributed by atoms with Crippen LogP contribution in [0, 0.1) is 0 Å². The van der Waals surface area contributed by atoms with Crippen molar-refractivity contribution >= 4 is 33.4 Å². The number of carbonyl (C=O) groups excluding carboxylic acids is 1. The molecule has 0 saturated carbocycles. The largest absolute Gasteiger partial charge is 0.444 e. The molecule has 1 heterocycles. The van der Waals surface area contributed by atoms with Crippen LogP contribution in [0.4, 0.5) is 4.79 Å². The third kappa shape index (κ3) is 4.99. The number of halogens is 1. The molecule has 0 atom stereocenters. The molecule has 0 aliphatic carbocycles. The van der Waals surface area contributed by atoms with Crippen molar-refractivity contribution in [2.24, 2.45) is 0 Å². The van der Waals surface area contributed by atoms with Gasteiger partial charge in [0.2, 0.25) is 0 Å². The number of carbonyl (C=O) groups is 1. The first-order chi connectivity index (χ1) is 7.38. The Hall–Kier alpha value is -0.550. The molecule has 0 saturated heterocycles. The first-order valence-electron chi connectivity index (χ1n) is 5.07. The van der Waals surface area contributed by atoms with E-state index in [4.69, 9.17) is 4.74 Å². The summed E-state index contributed by atoms with van der Waals surface area (Å²) in [6, 6.07) is 2.05. The lowest BCUT2D eigenvalue weighted by molar-refractivity contribution is 0.0528. The molecule has 0 fully saturated rings. The number of amides is 1. The van der Waals surface area contributed by atoms with E-state index in [1.54, 1.807) is 11.3 Å². The third-order valence-corrected chi connectivity index (χ3v) is 3.57. The molecule has 16 heavy (non-hydrogen) atoms. The number of nitrogens with one attached hydrogen (secondary N) is 1. The summed E-state index contributed by atoms with van der Waals surface area (Å²) in [6.45, 7) is 6.14. The minimum absolute atomic E-state index is 0.362. The van der Waals surface area contributed by atoms with E-state index in [2.05, 4.69) is 21.2 Å². The van der Waals surface area contributed by atoms with Gasteiger partial charge in [-0.25, -0.2) is 4.79 Å². The molecule has 0 aromatic carbocycles. The van der Waals surface area contributed by atoms with Crippen LogP contribution in [0.2, 0.25) is 0 Å². The molecule has 5 heteroatoms. The average Bonchev–Trinajstić information content (AvgIpc) is 2.48. The van der Waals surface area contributed by atoms with E-state index in [1.807, 2.05) is 32.2 Å². The van der Waals surface area contributed by atoms with Crippen LogP contribution in [-0.4, -0.2) is 18.2 Å². The van der Waals surface area contributed by atoms with Crippen molar-refractivity contribution in [2.75, 3.05) is 6.54 Å². The Balaban J connectivity index is 2.26. The molecular weight excluding hydrogens is 290 g/mol. The second-order valence-corrected chi connectivity index (χ2v) is 6.63. The molecule has 0 radical (unpaired) electrons. The zero-order chi connectivity index (χ0) is 12.2. The summed E-state index contributed by atoms with van der Waals surface area (Å²) in [5.74, 6) is 0. The van der Waals surface area contributed by atoms with Crippen LogP contribution in [0.5, 0.6) is 0 Å². The van der Waals surface area contributed by atoms with Crippen LogP contribution in [0.1, 0.15) is 26.3 Å². The van der Waals surface area contributed by atoms with Crippen LogP contribution < -0.4 is 5.32 Å². The Morgan fingerprint density at radius 2 is 2.25 bits per heavy atom. The molecule has 1 N–H and O–H groups in total. The first kappa shape index (κ1) is 13.5. The molecule has 0 unspecified atom stereocenters. The molecule has 0 spiro atoms. The van der Waals surface area contributed by atoms with Crippen LogP contribution in [0.25, 0.3) is 0 Å².